The van der Waals surface area contributed by atoms with Gasteiger partial charge in [0.15, 0.2) is 5.17 Å². The first-order chi connectivity index (χ1) is 15.1. The molecule has 3 aromatic carbocycles. The van der Waals surface area contributed by atoms with Gasteiger partial charge in [0.2, 0.25) is 0 Å². The highest BCUT2D eigenvalue weighted by molar-refractivity contribution is 8.13. The van der Waals surface area contributed by atoms with Crippen LogP contribution in [0.3, 0.4) is 0 Å². The number of nitrogens with two attached hydrogens (primary N) is 1. The Morgan fingerprint density at radius 2 is 1.84 bits per heavy atom. The Morgan fingerprint density at radius 3 is 2.61 bits per heavy atom. The summed E-state index contributed by atoms with van der Waals surface area (Å²) >= 11 is 13.7. The minimum atomic E-state index is 0.253. The van der Waals surface area contributed by atoms with Gasteiger partial charge in [-0.15, -0.1) is 5.10 Å². The summed E-state index contributed by atoms with van der Waals surface area (Å²) in [7, 11) is 1.61. The van der Waals surface area contributed by atoms with Gasteiger partial charge in [0.1, 0.15) is 23.1 Å². The summed E-state index contributed by atoms with van der Waals surface area (Å²) in [5.41, 5.74) is 8.78. The first-order valence-corrected chi connectivity index (χ1v) is 11.1. The van der Waals surface area contributed by atoms with Gasteiger partial charge < -0.3 is 15.2 Å². The van der Waals surface area contributed by atoms with E-state index in [0.717, 1.165) is 16.9 Å². The van der Waals surface area contributed by atoms with Gasteiger partial charge in [-0.25, -0.2) is 0 Å². The van der Waals surface area contributed by atoms with E-state index in [-0.39, 0.29) is 6.61 Å². The molecule has 160 valence electrons. The third kappa shape index (κ3) is 6.92. The normalized spacial score (nSPS) is 11.6. The zero-order valence-corrected chi connectivity index (χ0v) is 19.1. The number of hydrogen-bond acceptors (Lipinski definition) is 5. The van der Waals surface area contributed by atoms with Crippen molar-refractivity contribution in [1.82, 2.24) is 0 Å². The van der Waals surface area contributed by atoms with Gasteiger partial charge in [0.25, 0.3) is 0 Å². The molecule has 5 nitrogen and oxygen atoms in total. The van der Waals surface area contributed by atoms with Crippen molar-refractivity contribution in [2.75, 3.05) is 7.11 Å². The molecule has 0 atom stereocenters. The molecule has 0 aromatic heterocycles. The van der Waals surface area contributed by atoms with Crippen LogP contribution in [-0.2, 0) is 12.4 Å². The van der Waals surface area contributed by atoms with Gasteiger partial charge in [0, 0.05) is 11.3 Å². The van der Waals surface area contributed by atoms with Crippen LogP contribution in [0, 0.1) is 0 Å². The quantitative estimate of drug-likeness (QED) is 0.241. The molecule has 0 heterocycles. The molecule has 2 N–H and O–H groups in total. The van der Waals surface area contributed by atoms with Gasteiger partial charge in [0.05, 0.1) is 18.3 Å². The van der Waals surface area contributed by atoms with Crippen LogP contribution in [0.4, 0.5) is 0 Å². The zero-order valence-electron chi connectivity index (χ0n) is 16.8. The standard InChI is InChI=1S/C23H21Cl2N3O2S/c1-29-20-11-10-17(12-18(20)14-30-21-9-5-8-19(24)22(21)25)13-27-28-23(26)31-15-16-6-3-2-4-7-16/h2-13H,14-15H2,1H3,(H2,26,28). The average molecular weight is 474 g/mol. The number of hydrogen-bond donors (Lipinski definition) is 1. The molecule has 0 fully saturated rings. The van der Waals surface area contributed by atoms with E-state index in [9.17, 15) is 0 Å². The molecule has 0 aliphatic rings. The Kier molecular flexibility index (Phi) is 8.64. The second-order valence-corrected chi connectivity index (χ2v) is 8.15. The lowest BCUT2D eigenvalue weighted by molar-refractivity contribution is 0.297. The summed E-state index contributed by atoms with van der Waals surface area (Å²) in [5.74, 6) is 1.93. The minimum absolute atomic E-state index is 0.253. The second-order valence-electron chi connectivity index (χ2n) is 6.37. The van der Waals surface area contributed by atoms with Crippen LogP contribution in [0.15, 0.2) is 76.9 Å². The van der Waals surface area contributed by atoms with Gasteiger partial charge in [-0.1, -0.05) is 71.4 Å². The van der Waals surface area contributed by atoms with Crippen molar-refractivity contribution in [3.8, 4) is 11.5 Å². The van der Waals surface area contributed by atoms with Crippen molar-refractivity contribution in [3.05, 3.63) is 93.5 Å². The molecule has 3 rings (SSSR count). The van der Waals surface area contributed by atoms with Gasteiger partial charge in [-0.05, 0) is 41.5 Å². The predicted octanol–water partition coefficient (Wildman–Crippen LogP) is 6.16. The summed E-state index contributed by atoms with van der Waals surface area (Å²) in [6.07, 6.45) is 1.63. The summed E-state index contributed by atoms with van der Waals surface area (Å²) in [6.45, 7) is 0.253. The molecule has 0 radical (unpaired) electrons. The molecular formula is C23H21Cl2N3O2S. The Labute approximate surface area is 195 Å². The van der Waals surface area contributed by atoms with Crippen LogP contribution in [0.1, 0.15) is 16.7 Å². The van der Waals surface area contributed by atoms with Crippen LogP contribution in [0.2, 0.25) is 10.0 Å². The van der Waals surface area contributed by atoms with E-state index < -0.39 is 0 Å². The van der Waals surface area contributed by atoms with Crippen LogP contribution >= 0.6 is 35.0 Å². The fourth-order valence-corrected chi connectivity index (χ4v) is 3.61. The van der Waals surface area contributed by atoms with Crippen molar-refractivity contribution < 1.29 is 9.47 Å². The molecule has 0 aliphatic heterocycles. The molecule has 3 aromatic rings. The van der Waals surface area contributed by atoms with E-state index in [4.69, 9.17) is 38.4 Å². The van der Waals surface area contributed by atoms with E-state index >= 15 is 0 Å². The maximum atomic E-state index is 6.19. The molecule has 0 amide bonds. The Morgan fingerprint density at radius 1 is 1.03 bits per heavy atom. The maximum absolute atomic E-state index is 6.19. The number of amidine groups is 1. The van der Waals surface area contributed by atoms with Crippen molar-refractivity contribution in [2.45, 2.75) is 12.4 Å². The van der Waals surface area contributed by atoms with Gasteiger partial charge in [-0.2, -0.15) is 5.10 Å². The Balaban J connectivity index is 1.64. The zero-order chi connectivity index (χ0) is 22.1. The summed E-state index contributed by atoms with van der Waals surface area (Å²) in [5, 5.41) is 9.35. The summed E-state index contributed by atoms with van der Waals surface area (Å²) in [6, 6.07) is 20.9. The SMILES string of the molecule is COc1ccc(C=NN=C(N)SCc2ccccc2)cc1COc1cccc(Cl)c1Cl. The van der Waals surface area contributed by atoms with E-state index in [1.54, 1.807) is 31.5 Å². The van der Waals surface area contributed by atoms with Crippen LogP contribution in [0.5, 0.6) is 11.5 Å². The van der Waals surface area contributed by atoms with E-state index in [2.05, 4.69) is 10.2 Å². The smallest absolute Gasteiger partial charge is 0.180 e. The van der Waals surface area contributed by atoms with Crippen LogP contribution < -0.4 is 15.2 Å². The molecule has 0 unspecified atom stereocenters. The molecule has 31 heavy (non-hydrogen) atoms. The van der Waals surface area contributed by atoms with Crippen molar-refractivity contribution in [2.24, 2.45) is 15.9 Å². The summed E-state index contributed by atoms with van der Waals surface area (Å²) < 4.78 is 11.3. The van der Waals surface area contributed by atoms with Crippen molar-refractivity contribution >= 4 is 46.3 Å². The molecule has 0 saturated carbocycles. The lowest BCUT2D eigenvalue weighted by Crippen LogP contribution is -2.06. The minimum Gasteiger partial charge on any atom is -0.496 e. The summed E-state index contributed by atoms with van der Waals surface area (Å²) in [4.78, 5) is 0. The molecule has 0 aliphatic carbocycles. The van der Waals surface area contributed by atoms with Gasteiger partial charge >= 0.3 is 0 Å². The number of thioether (sulfide) groups is 1. The van der Waals surface area contributed by atoms with E-state index in [1.165, 1.54) is 17.3 Å². The number of ether oxygens (including phenoxy) is 2. The average Bonchev–Trinajstić information content (AvgIpc) is 2.79. The monoisotopic (exact) mass is 473 g/mol. The fraction of sp³-hybridized carbons (Fsp3) is 0.130. The van der Waals surface area contributed by atoms with Crippen molar-refractivity contribution in [3.63, 3.8) is 0 Å². The third-order valence-electron chi connectivity index (χ3n) is 4.20. The van der Waals surface area contributed by atoms with Crippen LogP contribution in [-0.4, -0.2) is 18.5 Å². The number of methoxy groups -OCH3 is 1. The van der Waals surface area contributed by atoms with Crippen LogP contribution in [0.25, 0.3) is 0 Å². The number of benzene rings is 3. The lowest BCUT2D eigenvalue weighted by atomic mass is 10.1. The third-order valence-corrected chi connectivity index (χ3v) is 5.85. The molecular weight excluding hydrogens is 453 g/mol. The second kappa shape index (κ2) is 11.6. The largest absolute Gasteiger partial charge is 0.496 e. The molecule has 8 heteroatoms. The molecule has 0 saturated heterocycles. The van der Waals surface area contributed by atoms with E-state index in [0.29, 0.717) is 26.7 Å². The first kappa shape index (κ1) is 23.0. The Bertz CT molecular complexity index is 1080. The highest BCUT2D eigenvalue weighted by Crippen LogP contribution is 2.32. The number of halogens is 2. The van der Waals surface area contributed by atoms with E-state index in [1.807, 2.05) is 48.5 Å². The number of nitrogens with zero attached hydrogens (tertiary/aromatic N) is 2. The highest BCUT2D eigenvalue weighted by atomic mass is 35.5. The molecule has 0 spiro atoms. The Hall–Kier alpha value is -2.67. The molecule has 0 bridgehead atoms. The fourth-order valence-electron chi connectivity index (χ4n) is 2.66. The first-order valence-electron chi connectivity index (χ1n) is 9.33. The van der Waals surface area contributed by atoms with Crippen molar-refractivity contribution in [1.29, 1.82) is 0 Å². The predicted molar refractivity (Wildman–Crippen MR) is 131 cm³/mol. The topological polar surface area (TPSA) is 69.2 Å². The highest BCUT2D eigenvalue weighted by Gasteiger charge is 2.09. The lowest BCUT2D eigenvalue weighted by Gasteiger charge is -2.12. The maximum Gasteiger partial charge on any atom is 0.180 e. The number of rotatable bonds is 8. The van der Waals surface area contributed by atoms with Gasteiger partial charge in [-0.3, -0.25) is 0 Å².